The number of nitrogens with one attached hydrogen (secondary N) is 2. The van der Waals surface area contributed by atoms with Gasteiger partial charge in [0, 0.05) is 37.6 Å². The summed E-state index contributed by atoms with van der Waals surface area (Å²) in [5, 5.41) is 12.7. The molecule has 0 atom stereocenters. The van der Waals surface area contributed by atoms with Crippen molar-refractivity contribution in [2.24, 2.45) is 12.0 Å². The molecule has 0 aliphatic rings. The van der Waals surface area contributed by atoms with Gasteiger partial charge in [0.15, 0.2) is 10.9 Å². The van der Waals surface area contributed by atoms with Crippen LogP contribution in [-0.4, -0.2) is 31.7 Å². The fraction of sp³-hybridized carbons (Fsp3) is 0.357. The maximum Gasteiger partial charge on any atom is 0.193 e. The lowest BCUT2D eigenvalue weighted by Gasteiger charge is -2.11. The lowest BCUT2D eigenvalue weighted by molar-refractivity contribution is 0.684. The average molecular weight is 445 g/mol. The Kier molecular flexibility index (Phi) is 6.39. The van der Waals surface area contributed by atoms with Gasteiger partial charge in [0.25, 0.3) is 0 Å². The largest absolute Gasteiger partial charge is 0.357 e. The molecule has 23 heavy (non-hydrogen) atoms. The van der Waals surface area contributed by atoms with E-state index in [1.54, 1.807) is 17.5 Å². The van der Waals surface area contributed by atoms with E-state index >= 15 is 0 Å². The number of aryl methyl sites for hydroxylation is 1. The minimum atomic E-state index is 0. The Labute approximate surface area is 155 Å². The molecule has 0 saturated carbocycles. The molecule has 3 aromatic heterocycles. The number of guanidine groups is 1. The Morgan fingerprint density at radius 1 is 1.39 bits per heavy atom. The van der Waals surface area contributed by atoms with Crippen LogP contribution < -0.4 is 10.6 Å². The van der Waals surface area contributed by atoms with Gasteiger partial charge in [0.05, 0.1) is 24.5 Å². The SMILES string of the molecule is CCNC(=NCc1cn2ccsc2n1)NCc1ccnn1C.I. The van der Waals surface area contributed by atoms with Crippen LogP contribution in [0.4, 0.5) is 0 Å². The molecule has 0 unspecified atom stereocenters. The van der Waals surface area contributed by atoms with Gasteiger partial charge in [-0.25, -0.2) is 9.98 Å². The number of hydrogen-bond acceptors (Lipinski definition) is 4. The second-order valence-electron chi connectivity index (χ2n) is 4.82. The fourth-order valence-corrected chi connectivity index (χ4v) is 2.82. The Morgan fingerprint density at radius 2 is 2.26 bits per heavy atom. The smallest absolute Gasteiger partial charge is 0.193 e. The number of thiazole rings is 1. The molecule has 3 rings (SSSR count). The quantitative estimate of drug-likeness (QED) is 0.358. The summed E-state index contributed by atoms with van der Waals surface area (Å²) in [4.78, 5) is 10.1. The highest BCUT2D eigenvalue weighted by atomic mass is 127. The first kappa shape index (κ1) is 17.7. The highest BCUT2D eigenvalue weighted by Crippen LogP contribution is 2.11. The summed E-state index contributed by atoms with van der Waals surface area (Å²) in [7, 11) is 1.93. The maximum atomic E-state index is 4.58. The molecule has 0 fully saturated rings. The van der Waals surface area contributed by atoms with Crippen molar-refractivity contribution in [2.45, 2.75) is 20.0 Å². The summed E-state index contributed by atoms with van der Waals surface area (Å²) in [6.45, 7) is 4.10. The summed E-state index contributed by atoms with van der Waals surface area (Å²) < 4.78 is 3.87. The van der Waals surface area contributed by atoms with Crippen LogP contribution in [0.25, 0.3) is 4.96 Å². The van der Waals surface area contributed by atoms with Crippen molar-refractivity contribution in [3.63, 3.8) is 0 Å². The fourth-order valence-electron chi connectivity index (χ4n) is 2.10. The van der Waals surface area contributed by atoms with Gasteiger partial charge in [-0.3, -0.25) is 9.08 Å². The highest BCUT2D eigenvalue weighted by molar-refractivity contribution is 14.0. The first-order valence-corrected chi connectivity index (χ1v) is 8.04. The van der Waals surface area contributed by atoms with Gasteiger partial charge in [0.2, 0.25) is 0 Å². The summed E-state index contributed by atoms with van der Waals surface area (Å²) in [5.41, 5.74) is 2.07. The monoisotopic (exact) mass is 445 g/mol. The Bertz CT molecular complexity index is 744. The van der Waals surface area contributed by atoms with Gasteiger partial charge in [-0.15, -0.1) is 35.3 Å². The summed E-state index contributed by atoms with van der Waals surface area (Å²) >= 11 is 1.63. The molecule has 9 heteroatoms. The van der Waals surface area contributed by atoms with E-state index in [2.05, 4.69) is 25.7 Å². The van der Waals surface area contributed by atoms with E-state index in [9.17, 15) is 0 Å². The van der Waals surface area contributed by atoms with Crippen LogP contribution in [0.15, 0.2) is 35.0 Å². The molecule has 0 spiro atoms. The van der Waals surface area contributed by atoms with E-state index in [1.807, 2.05) is 46.9 Å². The third kappa shape index (κ3) is 4.44. The average Bonchev–Trinajstić information content (AvgIpc) is 3.18. The Balaban J connectivity index is 0.00000192. The van der Waals surface area contributed by atoms with Crippen LogP contribution in [0.2, 0.25) is 0 Å². The second-order valence-corrected chi connectivity index (χ2v) is 5.69. The molecule has 0 amide bonds. The van der Waals surface area contributed by atoms with E-state index in [-0.39, 0.29) is 24.0 Å². The lowest BCUT2D eigenvalue weighted by atomic mass is 10.4. The van der Waals surface area contributed by atoms with Crippen molar-refractivity contribution in [1.82, 2.24) is 29.8 Å². The second kappa shape index (κ2) is 8.29. The normalized spacial score (nSPS) is 11.5. The minimum absolute atomic E-state index is 0. The van der Waals surface area contributed by atoms with E-state index in [0.29, 0.717) is 13.1 Å². The van der Waals surface area contributed by atoms with Gasteiger partial charge in [-0.2, -0.15) is 5.10 Å². The molecule has 7 nitrogen and oxygen atoms in total. The van der Waals surface area contributed by atoms with Crippen LogP contribution in [0.1, 0.15) is 18.3 Å². The standard InChI is InChI=1S/C14H19N7S.HI/c1-3-15-13(17-9-12-4-5-18-20(12)2)16-8-11-10-21-6-7-22-14(21)19-11;/h4-7,10H,3,8-9H2,1-2H3,(H2,15,16,17);1H. The summed E-state index contributed by atoms with van der Waals surface area (Å²) in [6.07, 6.45) is 5.81. The van der Waals surface area contributed by atoms with Crippen LogP contribution >= 0.6 is 35.3 Å². The number of nitrogens with zero attached hydrogens (tertiary/aromatic N) is 5. The number of aromatic nitrogens is 4. The maximum absolute atomic E-state index is 4.58. The van der Waals surface area contributed by atoms with Crippen LogP contribution in [0.3, 0.4) is 0 Å². The predicted molar refractivity (Wildman–Crippen MR) is 103 cm³/mol. The van der Waals surface area contributed by atoms with Crippen molar-refractivity contribution in [3.05, 3.63) is 41.4 Å². The van der Waals surface area contributed by atoms with E-state index in [1.165, 1.54) is 0 Å². The molecule has 0 bridgehead atoms. The van der Waals surface area contributed by atoms with Crippen molar-refractivity contribution in [3.8, 4) is 0 Å². The molecule has 0 saturated heterocycles. The molecule has 3 heterocycles. The Hall–Kier alpha value is -1.62. The third-order valence-corrected chi connectivity index (χ3v) is 4.02. The molecule has 0 aromatic carbocycles. The topological polar surface area (TPSA) is 71.5 Å². The van der Waals surface area contributed by atoms with E-state index in [0.717, 1.165) is 28.9 Å². The highest BCUT2D eigenvalue weighted by Gasteiger charge is 2.04. The summed E-state index contributed by atoms with van der Waals surface area (Å²) in [5.74, 6) is 0.778. The number of fused-ring (bicyclic) bond motifs is 1. The first-order chi connectivity index (χ1) is 10.8. The van der Waals surface area contributed by atoms with E-state index in [4.69, 9.17) is 0 Å². The van der Waals surface area contributed by atoms with Gasteiger partial charge in [-0.05, 0) is 13.0 Å². The molecule has 2 N–H and O–H groups in total. The number of halogens is 1. The molecule has 124 valence electrons. The molecule has 0 aliphatic heterocycles. The van der Waals surface area contributed by atoms with Crippen LogP contribution in [0, 0.1) is 0 Å². The minimum Gasteiger partial charge on any atom is -0.357 e. The van der Waals surface area contributed by atoms with Gasteiger partial charge < -0.3 is 10.6 Å². The molecule has 3 aromatic rings. The van der Waals surface area contributed by atoms with Gasteiger partial charge in [0.1, 0.15) is 0 Å². The van der Waals surface area contributed by atoms with Crippen LogP contribution in [0.5, 0.6) is 0 Å². The van der Waals surface area contributed by atoms with Crippen molar-refractivity contribution in [2.75, 3.05) is 6.54 Å². The zero-order valence-corrected chi connectivity index (χ0v) is 16.2. The van der Waals surface area contributed by atoms with Gasteiger partial charge in [-0.1, -0.05) is 0 Å². The van der Waals surface area contributed by atoms with Gasteiger partial charge >= 0.3 is 0 Å². The molecular weight excluding hydrogens is 425 g/mol. The first-order valence-electron chi connectivity index (χ1n) is 7.16. The zero-order chi connectivity index (χ0) is 15.4. The lowest BCUT2D eigenvalue weighted by Crippen LogP contribution is -2.37. The molecular formula is C14H20IN7S. The zero-order valence-electron chi connectivity index (χ0n) is 13.1. The van der Waals surface area contributed by atoms with Crippen molar-refractivity contribution in [1.29, 1.82) is 0 Å². The Morgan fingerprint density at radius 3 is 2.96 bits per heavy atom. The number of aliphatic imine (C=N–C) groups is 1. The predicted octanol–water partition coefficient (Wildman–Crippen LogP) is 2.00. The van der Waals surface area contributed by atoms with Crippen molar-refractivity contribution >= 4 is 46.2 Å². The summed E-state index contributed by atoms with van der Waals surface area (Å²) in [6, 6.07) is 1.99. The number of hydrogen-bond donors (Lipinski definition) is 2. The van der Waals surface area contributed by atoms with Crippen LogP contribution in [-0.2, 0) is 20.1 Å². The van der Waals surface area contributed by atoms with E-state index < -0.39 is 0 Å². The molecule has 0 aliphatic carbocycles. The third-order valence-electron chi connectivity index (χ3n) is 3.25. The van der Waals surface area contributed by atoms with Crippen molar-refractivity contribution < 1.29 is 0 Å². The molecule has 0 radical (unpaired) electrons. The number of imidazole rings is 1. The number of rotatable bonds is 5.